The Hall–Kier alpha value is -1.72. The van der Waals surface area contributed by atoms with E-state index in [1.54, 1.807) is 12.1 Å². The van der Waals surface area contributed by atoms with Gasteiger partial charge in [0.1, 0.15) is 0 Å². The maximum absolute atomic E-state index is 13.4. The molecule has 0 aliphatic carbocycles. The van der Waals surface area contributed by atoms with Gasteiger partial charge in [0, 0.05) is 48.7 Å². The first-order valence-electron chi connectivity index (χ1n) is 12.1. The summed E-state index contributed by atoms with van der Waals surface area (Å²) in [5.41, 5.74) is -2.74. The molecule has 2 aromatic rings. The van der Waals surface area contributed by atoms with Gasteiger partial charge in [-0.25, -0.2) is 0 Å². The van der Waals surface area contributed by atoms with Gasteiger partial charge in [-0.15, -0.1) is 24.8 Å². The molecule has 4 rings (SSSR count). The molecule has 1 N–H and O–H groups in total. The van der Waals surface area contributed by atoms with Gasteiger partial charge in [-0.3, -0.25) is 9.69 Å². The molecule has 2 heterocycles. The number of likely N-dealkylation sites (tertiary alicyclic amines) is 1. The Balaban J connectivity index is 0.00000267. The molecule has 0 spiro atoms. The van der Waals surface area contributed by atoms with E-state index < -0.39 is 41.0 Å². The molecule has 39 heavy (non-hydrogen) atoms. The Bertz CT molecular complexity index is 1080. The minimum atomic E-state index is -5.03. The number of halogens is 9. The van der Waals surface area contributed by atoms with E-state index in [2.05, 4.69) is 10.2 Å². The van der Waals surface area contributed by atoms with Gasteiger partial charge in [0.25, 0.3) is 5.91 Å². The summed E-state index contributed by atoms with van der Waals surface area (Å²) in [6.07, 6.45) is -7.55. The lowest BCUT2D eigenvalue weighted by atomic mass is 9.83. The molecule has 2 aliphatic rings. The number of benzene rings is 2. The second-order valence-corrected chi connectivity index (χ2v) is 10.1. The number of nitrogens with zero attached hydrogens (tertiary/aromatic N) is 2. The second kappa shape index (κ2) is 13.3. The third-order valence-corrected chi connectivity index (χ3v) is 7.64. The van der Waals surface area contributed by atoms with Crippen molar-refractivity contribution < 1.29 is 31.1 Å². The number of carbonyl (C=O) groups excluding carboxylic acids is 1. The lowest BCUT2D eigenvalue weighted by Gasteiger charge is -2.46. The first-order valence-corrected chi connectivity index (χ1v) is 12.5. The number of nitrogens with one attached hydrogen (secondary N) is 1. The van der Waals surface area contributed by atoms with Crippen molar-refractivity contribution in [2.24, 2.45) is 0 Å². The Morgan fingerprint density at radius 2 is 1.46 bits per heavy atom. The van der Waals surface area contributed by atoms with E-state index in [9.17, 15) is 31.1 Å². The summed E-state index contributed by atoms with van der Waals surface area (Å²) in [6, 6.07) is 8.16. The number of carbonyl (C=O) groups is 1. The average molecular weight is 621 g/mol. The van der Waals surface area contributed by atoms with Gasteiger partial charge in [-0.1, -0.05) is 23.7 Å². The minimum Gasteiger partial charge on any atom is -0.338 e. The van der Waals surface area contributed by atoms with Gasteiger partial charge in [0.05, 0.1) is 11.1 Å². The van der Waals surface area contributed by atoms with Gasteiger partial charge in [-0.05, 0) is 68.2 Å². The van der Waals surface area contributed by atoms with Crippen LogP contribution in [0.3, 0.4) is 0 Å². The van der Waals surface area contributed by atoms with Crippen LogP contribution in [-0.2, 0) is 12.4 Å². The van der Waals surface area contributed by atoms with Gasteiger partial charge >= 0.3 is 12.4 Å². The third-order valence-electron chi connectivity index (χ3n) is 7.38. The zero-order chi connectivity index (χ0) is 27.0. The van der Waals surface area contributed by atoms with E-state index in [0.717, 1.165) is 31.5 Å². The highest BCUT2D eigenvalue weighted by atomic mass is 35.5. The summed E-state index contributed by atoms with van der Waals surface area (Å²) in [6.45, 7) is 3.11. The highest BCUT2D eigenvalue weighted by molar-refractivity contribution is 6.30. The van der Waals surface area contributed by atoms with Gasteiger partial charge in [-0.2, -0.15) is 26.3 Å². The minimum absolute atomic E-state index is 0. The summed E-state index contributed by atoms with van der Waals surface area (Å²) < 4.78 is 80.3. The van der Waals surface area contributed by atoms with Crippen molar-refractivity contribution in [2.75, 3.05) is 33.2 Å². The molecular weight excluding hydrogens is 591 g/mol. The molecule has 1 amide bonds. The molecule has 2 atom stereocenters. The lowest BCUT2D eigenvalue weighted by Crippen LogP contribution is -2.54. The third kappa shape index (κ3) is 7.94. The molecule has 13 heteroatoms. The molecule has 0 aromatic heterocycles. The molecular formula is C26H30Cl3F6N3O. The quantitative estimate of drug-likeness (QED) is 0.378. The summed E-state index contributed by atoms with van der Waals surface area (Å²) in [5, 5.41) is 3.88. The Morgan fingerprint density at radius 3 is 1.97 bits per heavy atom. The summed E-state index contributed by atoms with van der Waals surface area (Å²) in [4.78, 5) is 17.0. The standard InChI is InChI=1S/C26H28ClF6N3O.2ClH/c1-35(24(37)17-12-18(25(28,29)30)14-19(13-17)26(31,32)33)23-8-11-36(21-6-9-34-10-7-21)15-22(23)16-2-4-20(27)5-3-16;;/h2-5,12-14,21-23,34H,6-11,15H2,1H3;2*1H. The van der Waals surface area contributed by atoms with E-state index in [-0.39, 0.29) is 36.8 Å². The number of likely N-dealkylation sites (N-methyl/N-ethyl adjacent to an activating group) is 1. The predicted octanol–water partition coefficient (Wildman–Crippen LogP) is 6.90. The maximum Gasteiger partial charge on any atom is 0.416 e. The summed E-state index contributed by atoms with van der Waals surface area (Å²) in [7, 11) is 1.45. The molecule has 2 saturated heterocycles. The molecule has 0 bridgehead atoms. The molecule has 2 aromatic carbocycles. The topological polar surface area (TPSA) is 35.6 Å². The van der Waals surface area contributed by atoms with Crippen LogP contribution in [0.2, 0.25) is 5.02 Å². The van der Waals surface area contributed by atoms with Crippen LogP contribution >= 0.6 is 36.4 Å². The Morgan fingerprint density at radius 1 is 0.923 bits per heavy atom. The van der Waals surface area contributed by atoms with Crippen molar-refractivity contribution in [1.82, 2.24) is 15.1 Å². The molecule has 0 saturated carbocycles. The molecule has 0 radical (unpaired) electrons. The normalized spacial score (nSPS) is 21.0. The monoisotopic (exact) mass is 619 g/mol. The van der Waals surface area contributed by atoms with Crippen LogP contribution in [0, 0.1) is 0 Å². The average Bonchev–Trinajstić information content (AvgIpc) is 2.87. The van der Waals surface area contributed by atoms with E-state index in [1.807, 2.05) is 12.1 Å². The highest BCUT2D eigenvalue weighted by Crippen LogP contribution is 2.38. The Kier molecular flexibility index (Phi) is 11.4. The summed E-state index contributed by atoms with van der Waals surface area (Å²) in [5.74, 6) is -1.07. The number of hydrogen-bond donors (Lipinski definition) is 1. The predicted molar refractivity (Wildman–Crippen MR) is 143 cm³/mol. The van der Waals surface area contributed by atoms with Crippen molar-refractivity contribution in [1.29, 1.82) is 0 Å². The molecule has 2 fully saturated rings. The largest absolute Gasteiger partial charge is 0.416 e. The molecule has 218 valence electrons. The zero-order valence-electron chi connectivity index (χ0n) is 21.0. The fraction of sp³-hybridized carbons (Fsp3) is 0.500. The van der Waals surface area contributed by atoms with Crippen LogP contribution in [0.4, 0.5) is 26.3 Å². The van der Waals surface area contributed by atoms with Gasteiger partial charge in [0.2, 0.25) is 0 Å². The van der Waals surface area contributed by atoms with Crippen LogP contribution < -0.4 is 5.32 Å². The molecule has 2 aliphatic heterocycles. The van der Waals surface area contributed by atoms with Crippen molar-refractivity contribution in [3.8, 4) is 0 Å². The van der Waals surface area contributed by atoms with Gasteiger partial charge < -0.3 is 10.2 Å². The van der Waals surface area contributed by atoms with Crippen LogP contribution in [-0.4, -0.2) is 61.0 Å². The van der Waals surface area contributed by atoms with Crippen molar-refractivity contribution >= 4 is 42.3 Å². The fourth-order valence-electron chi connectivity index (χ4n) is 5.40. The number of alkyl halides is 6. The van der Waals surface area contributed by atoms with E-state index in [4.69, 9.17) is 11.6 Å². The fourth-order valence-corrected chi connectivity index (χ4v) is 5.53. The van der Waals surface area contributed by atoms with Crippen molar-refractivity contribution in [3.63, 3.8) is 0 Å². The number of piperidine rings is 2. The lowest BCUT2D eigenvalue weighted by molar-refractivity contribution is -0.143. The number of amides is 1. The van der Waals surface area contributed by atoms with Gasteiger partial charge in [0.15, 0.2) is 0 Å². The van der Waals surface area contributed by atoms with Crippen LogP contribution in [0.5, 0.6) is 0 Å². The highest BCUT2D eigenvalue weighted by Gasteiger charge is 2.40. The van der Waals surface area contributed by atoms with Crippen LogP contribution in [0.15, 0.2) is 42.5 Å². The van der Waals surface area contributed by atoms with Crippen LogP contribution in [0.1, 0.15) is 52.2 Å². The van der Waals surface area contributed by atoms with E-state index in [1.165, 1.54) is 11.9 Å². The molecule has 4 nitrogen and oxygen atoms in total. The zero-order valence-corrected chi connectivity index (χ0v) is 23.4. The van der Waals surface area contributed by atoms with E-state index >= 15 is 0 Å². The van der Waals surface area contributed by atoms with Crippen molar-refractivity contribution in [3.05, 3.63) is 69.7 Å². The van der Waals surface area contributed by atoms with Crippen molar-refractivity contribution in [2.45, 2.75) is 49.6 Å². The second-order valence-electron chi connectivity index (χ2n) is 9.70. The molecule has 2 unspecified atom stereocenters. The van der Waals surface area contributed by atoms with Crippen LogP contribution in [0.25, 0.3) is 0 Å². The Labute approximate surface area is 240 Å². The number of hydrogen-bond acceptors (Lipinski definition) is 3. The first-order chi connectivity index (χ1) is 17.3. The maximum atomic E-state index is 13.4. The smallest absolute Gasteiger partial charge is 0.338 e. The first kappa shape index (κ1) is 33.5. The summed E-state index contributed by atoms with van der Waals surface area (Å²) >= 11 is 6.07. The number of rotatable bonds is 4. The van der Waals surface area contributed by atoms with E-state index in [0.29, 0.717) is 42.7 Å². The SMILES string of the molecule is CN(C(=O)c1cc(C(F)(F)F)cc(C(F)(F)F)c1)C1CCN(C2CCNCC2)CC1c1ccc(Cl)cc1.Cl.Cl.